The summed E-state index contributed by atoms with van der Waals surface area (Å²) in [5.74, 6) is -2.50. The van der Waals surface area contributed by atoms with Gasteiger partial charge in [-0.1, -0.05) is 6.07 Å². The van der Waals surface area contributed by atoms with Crippen LogP contribution in [0.15, 0.2) is 18.2 Å². The van der Waals surface area contributed by atoms with Gasteiger partial charge in [0.05, 0.1) is 12.1 Å². The molecule has 0 aromatic heterocycles. The number of nitrogens with zero attached hydrogens (tertiary/aromatic N) is 1. The molecule has 0 saturated carbocycles. The van der Waals surface area contributed by atoms with Gasteiger partial charge in [0.1, 0.15) is 0 Å². The summed E-state index contributed by atoms with van der Waals surface area (Å²) in [5, 5.41) is 9.85. The molecule has 0 fully saturated rings. The van der Waals surface area contributed by atoms with Crippen molar-refractivity contribution < 1.29 is 18.7 Å². The Kier molecular flexibility index (Phi) is 4.75. The van der Waals surface area contributed by atoms with Crippen LogP contribution in [0.4, 0.5) is 8.78 Å². The summed E-state index contributed by atoms with van der Waals surface area (Å²) in [6.45, 7) is 1.69. The SMILES string of the molecule is C[C@H](C(N)=O)N(C)CC(O)c1ccc(F)c(F)c1. The molecule has 1 rings (SSSR count). The molecule has 1 amide bonds. The number of benzene rings is 1. The van der Waals surface area contributed by atoms with E-state index in [0.717, 1.165) is 12.1 Å². The molecule has 0 bridgehead atoms. The van der Waals surface area contributed by atoms with Crippen molar-refractivity contribution in [3.8, 4) is 0 Å². The van der Waals surface area contributed by atoms with Gasteiger partial charge in [-0.25, -0.2) is 8.78 Å². The summed E-state index contributed by atoms with van der Waals surface area (Å²) in [4.78, 5) is 12.5. The maximum Gasteiger partial charge on any atom is 0.234 e. The van der Waals surface area contributed by atoms with Crippen molar-refractivity contribution in [2.45, 2.75) is 19.1 Å². The number of likely N-dealkylation sites (N-methyl/N-ethyl adjacent to an activating group) is 1. The van der Waals surface area contributed by atoms with E-state index in [2.05, 4.69) is 0 Å². The molecular weight excluding hydrogens is 242 g/mol. The van der Waals surface area contributed by atoms with Crippen LogP contribution in [0.2, 0.25) is 0 Å². The molecule has 4 nitrogen and oxygen atoms in total. The van der Waals surface area contributed by atoms with Gasteiger partial charge in [0.25, 0.3) is 0 Å². The van der Waals surface area contributed by atoms with E-state index in [9.17, 15) is 18.7 Å². The van der Waals surface area contributed by atoms with Gasteiger partial charge >= 0.3 is 0 Å². The van der Waals surface area contributed by atoms with Crippen molar-refractivity contribution in [3.63, 3.8) is 0 Å². The number of rotatable bonds is 5. The van der Waals surface area contributed by atoms with Gasteiger partial charge < -0.3 is 10.8 Å². The predicted octanol–water partition coefficient (Wildman–Crippen LogP) is 0.804. The molecule has 0 heterocycles. The second kappa shape index (κ2) is 5.88. The molecule has 1 aromatic carbocycles. The second-order valence-electron chi connectivity index (χ2n) is 4.21. The average Bonchev–Trinajstić information content (AvgIpc) is 2.31. The van der Waals surface area contributed by atoms with Crippen molar-refractivity contribution in [3.05, 3.63) is 35.4 Å². The lowest BCUT2D eigenvalue weighted by Crippen LogP contribution is -2.42. The van der Waals surface area contributed by atoms with Gasteiger partial charge in [-0.15, -0.1) is 0 Å². The standard InChI is InChI=1S/C12H16F2N2O2/c1-7(12(15)18)16(2)6-11(17)8-3-4-9(13)10(14)5-8/h3-5,7,11,17H,6H2,1-2H3,(H2,15,18)/t7-,11?/m1/s1. The number of aliphatic hydroxyl groups is 1. The van der Waals surface area contributed by atoms with Crippen LogP contribution < -0.4 is 5.73 Å². The van der Waals surface area contributed by atoms with Crippen LogP contribution in [-0.2, 0) is 4.79 Å². The molecule has 0 aliphatic heterocycles. The number of nitrogens with two attached hydrogens (primary N) is 1. The highest BCUT2D eigenvalue weighted by atomic mass is 19.2. The van der Waals surface area contributed by atoms with Gasteiger partial charge in [0.15, 0.2) is 11.6 Å². The maximum atomic E-state index is 13.0. The van der Waals surface area contributed by atoms with E-state index >= 15 is 0 Å². The van der Waals surface area contributed by atoms with Crippen LogP contribution in [0.3, 0.4) is 0 Å². The lowest BCUT2D eigenvalue weighted by molar-refractivity contribution is -0.122. The number of aliphatic hydroxyl groups excluding tert-OH is 1. The van der Waals surface area contributed by atoms with E-state index in [4.69, 9.17) is 5.73 Å². The second-order valence-corrected chi connectivity index (χ2v) is 4.21. The van der Waals surface area contributed by atoms with Crippen molar-refractivity contribution in [2.75, 3.05) is 13.6 Å². The van der Waals surface area contributed by atoms with Crippen LogP contribution in [0.25, 0.3) is 0 Å². The number of carbonyl (C=O) groups excluding carboxylic acids is 1. The minimum atomic E-state index is -1.02. The highest BCUT2D eigenvalue weighted by molar-refractivity contribution is 5.79. The summed E-state index contributed by atoms with van der Waals surface area (Å²) in [6, 6.07) is 2.63. The smallest absolute Gasteiger partial charge is 0.234 e. The summed E-state index contributed by atoms with van der Waals surface area (Å²) in [6.07, 6.45) is -1.02. The van der Waals surface area contributed by atoms with Crippen LogP contribution in [0.1, 0.15) is 18.6 Å². The van der Waals surface area contributed by atoms with Gasteiger partial charge in [0, 0.05) is 6.54 Å². The van der Waals surface area contributed by atoms with Gasteiger partial charge in [-0.3, -0.25) is 9.69 Å². The molecule has 0 radical (unpaired) electrons. The molecule has 1 unspecified atom stereocenters. The molecule has 0 spiro atoms. The number of amides is 1. The number of halogens is 2. The molecule has 1 aromatic rings. The van der Waals surface area contributed by atoms with Crippen molar-refractivity contribution in [1.29, 1.82) is 0 Å². The van der Waals surface area contributed by atoms with Crippen LogP contribution in [-0.4, -0.2) is 35.5 Å². The van der Waals surface area contributed by atoms with Crippen LogP contribution in [0.5, 0.6) is 0 Å². The third-order valence-corrected chi connectivity index (χ3v) is 2.86. The topological polar surface area (TPSA) is 66.6 Å². The summed E-state index contributed by atoms with van der Waals surface area (Å²) < 4.78 is 25.7. The Hall–Kier alpha value is -1.53. The summed E-state index contributed by atoms with van der Waals surface area (Å²) in [7, 11) is 1.61. The Bertz CT molecular complexity index is 440. The van der Waals surface area contributed by atoms with Gasteiger partial charge in [0.2, 0.25) is 5.91 Å². The fourth-order valence-corrected chi connectivity index (χ4v) is 1.47. The average molecular weight is 258 g/mol. The molecule has 100 valence electrons. The summed E-state index contributed by atoms with van der Waals surface area (Å²) in [5.41, 5.74) is 5.37. The Morgan fingerprint density at radius 2 is 2.06 bits per heavy atom. The fraction of sp³-hybridized carbons (Fsp3) is 0.417. The normalized spacial score (nSPS) is 14.6. The number of carbonyl (C=O) groups is 1. The summed E-state index contributed by atoms with van der Waals surface area (Å²) >= 11 is 0. The van der Waals surface area contributed by atoms with E-state index < -0.39 is 29.7 Å². The van der Waals surface area contributed by atoms with E-state index in [0.29, 0.717) is 0 Å². The van der Waals surface area contributed by atoms with E-state index in [1.165, 1.54) is 11.0 Å². The minimum Gasteiger partial charge on any atom is -0.387 e. The van der Waals surface area contributed by atoms with Crippen molar-refractivity contribution in [1.82, 2.24) is 4.90 Å². The molecule has 0 aliphatic carbocycles. The molecule has 0 aliphatic rings. The number of hydrogen-bond acceptors (Lipinski definition) is 3. The van der Waals surface area contributed by atoms with E-state index in [1.807, 2.05) is 0 Å². The van der Waals surface area contributed by atoms with Crippen molar-refractivity contribution >= 4 is 5.91 Å². The predicted molar refractivity (Wildman–Crippen MR) is 62.6 cm³/mol. The van der Waals surface area contributed by atoms with Crippen molar-refractivity contribution in [2.24, 2.45) is 5.73 Å². The van der Waals surface area contributed by atoms with Gasteiger partial charge in [-0.2, -0.15) is 0 Å². The Morgan fingerprint density at radius 1 is 1.44 bits per heavy atom. The molecule has 3 N–H and O–H groups in total. The number of primary amides is 1. The zero-order valence-corrected chi connectivity index (χ0v) is 10.2. The molecule has 18 heavy (non-hydrogen) atoms. The zero-order valence-electron chi connectivity index (χ0n) is 10.2. The third-order valence-electron chi connectivity index (χ3n) is 2.86. The highest BCUT2D eigenvalue weighted by Gasteiger charge is 2.19. The Balaban J connectivity index is 2.73. The largest absolute Gasteiger partial charge is 0.387 e. The first-order valence-electron chi connectivity index (χ1n) is 5.45. The Morgan fingerprint density at radius 3 is 2.56 bits per heavy atom. The Labute approximate surface area is 104 Å². The number of hydrogen-bond donors (Lipinski definition) is 2. The fourth-order valence-electron chi connectivity index (χ4n) is 1.47. The van der Waals surface area contributed by atoms with E-state index in [-0.39, 0.29) is 12.1 Å². The molecule has 6 heteroatoms. The molecule has 2 atom stereocenters. The maximum absolute atomic E-state index is 13.0. The third kappa shape index (κ3) is 3.48. The highest BCUT2D eigenvalue weighted by Crippen LogP contribution is 2.17. The monoisotopic (exact) mass is 258 g/mol. The lowest BCUT2D eigenvalue weighted by atomic mass is 10.1. The van der Waals surface area contributed by atoms with Crippen LogP contribution in [0, 0.1) is 11.6 Å². The molecular formula is C12H16F2N2O2. The first-order valence-corrected chi connectivity index (χ1v) is 5.45. The van der Waals surface area contributed by atoms with E-state index in [1.54, 1.807) is 14.0 Å². The van der Waals surface area contributed by atoms with Crippen LogP contribution >= 0.6 is 0 Å². The first-order chi connectivity index (χ1) is 8.32. The zero-order chi connectivity index (χ0) is 13.9. The first kappa shape index (κ1) is 14.5. The van der Waals surface area contributed by atoms with Gasteiger partial charge in [-0.05, 0) is 31.7 Å². The minimum absolute atomic E-state index is 0.0924. The lowest BCUT2D eigenvalue weighted by Gasteiger charge is -2.24. The molecule has 0 saturated heterocycles. The quantitative estimate of drug-likeness (QED) is 0.821.